The summed E-state index contributed by atoms with van der Waals surface area (Å²) in [7, 11) is 0. The van der Waals surface area contributed by atoms with Gasteiger partial charge in [-0.2, -0.15) is 0 Å². The maximum absolute atomic E-state index is 11.9. The second-order valence-corrected chi connectivity index (χ2v) is 5.29. The highest BCUT2D eigenvalue weighted by atomic mass is 32.2. The molecule has 0 unspecified atom stereocenters. The van der Waals surface area contributed by atoms with Crippen LogP contribution in [0.4, 0.5) is 5.69 Å². The van der Waals surface area contributed by atoms with E-state index >= 15 is 0 Å². The minimum absolute atomic E-state index is 0.0942. The fourth-order valence-corrected chi connectivity index (χ4v) is 2.42. The third-order valence-corrected chi connectivity index (χ3v) is 3.67. The predicted octanol–water partition coefficient (Wildman–Crippen LogP) is 2.79. The zero-order valence-corrected chi connectivity index (χ0v) is 13.0. The standard InChI is InChI=1S/C15H21NO3S/c1-4-12-8-6-7-11(3)15(12)16-13(17)9-20-10-14(18)19-5-2/h6-8H,4-5,9-10H2,1-3H3,(H,16,17). The summed E-state index contributed by atoms with van der Waals surface area (Å²) >= 11 is 1.26. The topological polar surface area (TPSA) is 55.4 Å². The fourth-order valence-electron chi connectivity index (χ4n) is 1.81. The van der Waals surface area contributed by atoms with Crippen LogP contribution in [0.3, 0.4) is 0 Å². The molecule has 0 aromatic heterocycles. The molecule has 1 aromatic carbocycles. The Morgan fingerprint density at radius 2 is 2.00 bits per heavy atom. The summed E-state index contributed by atoms with van der Waals surface area (Å²) in [5.74, 6) is 0.0742. The Bertz CT molecular complexity index is 474. The zero-order valence-electron chi connectivity index (χ0n) is 12.2. The summed E-state index contributed by atoms with van der Waals surface area (Å²) in [5.41, 5.74) is 3.05. The molecule has 1 amide bonds. The van der Waals surface area contributed by atoms with Crippen molar-refractivity contribution in [3.8, 4) is 0 Å². The molecule has 1 rings (SSSR count). The molecule has 0 saturated heterocycles. The number of hydrogen-bond donors (Lipinski definition) is 1. The minimum atomic E-state index is -0.282. The first kappa shape index (κ1) is 16.6. The maximum Gasteiger partial charge on any atom is 0.315 e. The van der Waals surface area contributed by atoms with Crippen LogP contribution >= 0.6 is 11.8 Å². The minimum Gasteiger partial charge on any atom is -0.465 e. The number of hydrogen-bond acceptors (Lipinski definition) is 4. The van der Waals surface area contributed by atoms with E-state index in [1.807, 2.05) is 25.1 Å². The molecule has 0 atom stereocenters. The number of para-hydroxylation sites is 1. The van der Waals surface area contributed by atoms with E-state index < -0.39 is 0 Å². The Morgan fingerprint density at radius 1 is 1.25 bits per heavy atom. The molecule has 0 fully saturated rings. The second-order valence-electron chi connectivity index (χ2n) is 4.31. The van der Waals surface area contributed by atoms with Gasteiger partial charge >= 0.3 is 5.97 Å². The van der Waals surface area contributed by atoms with E-state index in [0.717, 1.165) is 23.2 Å². The van der Waals surface area contributed by atoms with Crippen LogP contribution in [-0.4, -0.2) is 30.0 Å². The Labute approximate surface area is 124 Å². The lowest BCUT2D eigenvalue weighted by Crippen LogP contribution is -2.17. The van der Waals surface area contributed by atoms with Crippen molar-refractivity contribution in [2.75, 3.05) is 23.4 Å². The number of carbonyl (C=O) groups is 2. The second kappa shape index (κ2) is 8.64. The van der Waals surface area contributed by atoms with Gasteiger partial charge in [-0.3, -0.25) is 9.59 Å². The summed E-state index contributed by atoms with van der Waals surface area (Å²) < 4.78 is 4.81. The Balaban J connectivity index is 2.49. The van der Waals surface area contributed by atoms with Crippen LogP contribution in [0, 0.1) is 6.92 Å². The van der Waals surface area contributed by atoms with Gasteiger partial charge in [0.15, 0.2) is 0 Å². The van der Waals surface area contributed by atoms with E-state index in [1.165, 1.54) is 11.8 Å². The highest BCUT2D eigenvalue weighted by molar-refractivity contribution is 8.00. The molecule has 0 aliphatic carbocycles. The fraction of sp³-hybridized carbons (Fsp3) is 0.467. The smallest absolute Gasteiger partial charge is 0.315 e. The molecule has 20 heavy (non-hydrogen) atoms. The molecule has 0 bridgehead atoms. The van der Waals surface area contributed by atoms with Crippen molar-refractivity contribution < 1.29 is 14.3 Å². The van der Waals surface area contributed by atoms with Crippen molar-refractivity contribution in [1.29, 1.82) is 0 Å². The lowest BCUT2D eigenvalue weighted by atomic mass is 10.1. The molecule has 0 saturated carbocycles. The first-order valence-electron chi connectivity index (χ1n) is 6.70. The quantitative estimate of drug-likeness (QED) is 0.786. The molecule has 1 aromatic rings. The van der Waals surface area contributed by atoms with Crippen molar-refractivity contribution in [2.24, 2.45) is 0 Å². The number of aryl methyl sites for hydroxylation is 2. The van der Waals surface area contributed by atoms with Gasteiger partial charge in [-0.05, 0) is 31.4 Å². The van der Waals surface area contributed by atoms with Gasteiger partial charge in [-0.15, -0.1) is 11.8 Å². The molecule has 5 heteroatoms. The molecule has 0 aliphatic rings. The number of benzene rings is 1. The van der Waals surface area contributed by atoms with Crippen molar-refractivity contribution in [3.63, 3.8) is 0 Å². The van der Waals surface area contributed by atoms with E-state index in [0.29, 0.717) is 6.61 Å². The van der Waals surface area contributed by atoms with Crippen molar-refractivity contribution in [3.05, 3.63) is 29.3 Å². The number of thioether (sulfide) groups is 1. The summed E-state index contributed by atoms with van der Waals surface area (Å²) in [6.45, 7) is 6.16. The van der Waals surface area contributed by atoms with E-state index in [9.17, 15) is 9.59 Å². The number of carbonyl (C=O) groups excluding carboxylic acids is 2. The summed E-state index contributed by atoms with van der Waals surface area (Å²) in [6.07, 6.45) is 0.868. The maximum atomic E-state index is 11.9. The van der Waals surface area contributed by atoms with Crippen LogP contribution in [-0.2, 0) is 20.7 Å². The van der Waals surface area contributed by atoms with Gasteiger partial charge < -0.3 is 10.1 Å². The van der Waals surface area contributed by atoms with E-state index in [1.54, 1.807) is 6.92 Å². The number of nitrogens with one attached hydrogen (secondary N) is 1. The first-order valence-corrected chi connectivity index (χ1v) is 7.85. The van der Waals surface area contributed by atoms with Crippen LogP contribution in [0.1, 0.15) is 25.0 Å². The Kier molecular flexibility index (Phi) is 7.15. The number of amides is 1. The van der Waals surface area contributed by atoms with Gasteiger partial charge in [0.2, 0.25) is 5.91 Å². The van der Waals surface area contributed by atoms with Crippen LogP contribution in [0.5, 0.6) is 0 Å². The van der Waals surface area contributed by atoms with E-state index in [4.69, 9.17) is 4.74 Å². The summed E-state index contributed by atoms with van der Waals surface area (Å²) in [5, 5.41) is 2.92. The summed E-state index contributed by atoms with van der Waals surface area (Å²) in [4.78, 5) is 23.1. The lowest BCUT2D eigenvalue weighted by Gasteiger charge is -2.12. The number of rotatable bonds is 7. The van der Waals surface area contributed by atoms with Crippen LogP contribution in [0.25, 0.3) is 0 Å². The number of anilines is 1. The van der Waals surface area contributed by atoms with Crippen molar-refractivity contribution in [2.45, 2.75) is 27.2 Å². The van der Waals surface area contributed by atoms with Gasteiger partial charge in [0, 0.05) is 5.69 Å². The van der Waals surface area contributed by atoms with Gasteiger partial charge in [0.25, 0.3) is 0 Å². The van der Waals surface area contributed by atoms with Gasteiger partial charge in [-0.1, -0.05) is 25.1 Å². The Morgan fingerprint density at radius 3 is 2.65 bits per heavy atom. The molecular weight excluding hydrogens is 274 g/mol. The number of esters is 1. The molecular formula is C15H21NO3S. The SMILES string of the molecule is CCOC(=O)CSCC(=O)Nc1c(C)cccc1CC. The average molecular weight is 295 g/mol. The van der Waals surface area contributed by atoms with Gasteiger partial charge in [-0.25, -0.2) is 0 Å². The number of ether oxygens (including phenoxy) is 1. The predicted molar refractivity (Wildman–Crippen MR) is 83.1 cm³/mol. The third kappa shape index (κ3) is 5.25. The van der Waals surface area contributed by atoms with E-state index in [-0.39, 0.29) is 23.4 Å². The monoisotopic (exact) mass is 295 g/mol. The molecule has 0 heterocycles. The van der Waals surface area contributed by atoms with Crippen LogP contribution in [0.15, 0.2) is 18.2 Å². The third-order valence-electron chi connectivity index (χ3n) is 2.76. The van der Waals surface area contributed by atoms with Crippen molar-refractivity contribution >= 4 is 29.3 Å². The average Bonchev–Trinajstić information content (AvgIpc) is 2.41. The summed E-state index contributed by atoms with van der Waals surface area (Å²) in [6, 6.07) is 5.97. The molecule has 4 nitrogen and oxygen atoms in total. The Hall–Kier alpha value is -1.49. The normalized spacial score (nSPS) is 10.2. The van der Waals surface area contributed by atoms with Gasteiger partial charge in [0.05, 0.1) is 18.1 Å². The first-order chi connectivity index (χ1) is 9.58. The molecule has 0 radical (unpaired) electrons. The highest BCUT2D eigenvalue weighted by Gasteiger charge is 2.10. The van der Waals surface area contributed by atoms with Gasteiger partial charge in [0.1, 0.15) is 0 Å². The zero-order chi connectivity index (χ0) is 15.0. The van der Waals surface area contributed by atoms with Crippen LogP contribution < -0.4 is 5.32 Å². The van der Waals surface area contributed by atoms with Crippen LogP contribution in [0.2, 0.25) is 0 Å². The van der Waals surface area contributed by atoms with Crippen molar-refractivity contribution in [1.82, 2.24) is 0 Å². The largest absolute Gasteiger partial charge is 0.465 e. The van der Waals surface area contributed by atoms with E-state index in [2.05, 4.69) is 12.2 Å². The molecule has 110 valence electrons. The molecule has 0 aliphatic heterocycles. The highest BCUT2D eigenvalue weighted by Crippen LogP contribution is 2.21. The molecule has 0 spiro atoms. The lowest BCUT2D eigenvalue weighted by molar-refractivity contribution is -0.139. The molecule has 1 N–H and O–H groups in total.